The third-order valence-electron chi connectivity index (χ3n) is 4.00. The van der Waals surface area contributed by atoms with Crippen molar-refractivity contribution in [3.63, 3.8) is 0 Å². The molecule has 5 heteroatoms. The molecule has 1 aromatic carbocycles. The summed E-state index contributed by atoms with van der Waals surface area (Å²) in [6.45, 7) is 12.7. The first-order valence-corrected chi connectivity index (χ1v) is 8.37. The largest absolute Gasteiger partial charge is 0.355 e. The average molecular weight is 432 g/mol. The quantitative estimate of drug-likeness (QED) is 0.376. The maximum absolute atomic E-state index is 4.30. The minimum Gasteiger partial charge on any atom is -0.355 e. The Labute approximate surface area is 159 Å². The number of hydrogen-bond donors (Lipinski definition) is 2. The van der Waals surface area contributed by atoms with Crippen LogP contribution in [0.2, 0.25) is 0 Å². The minimum absolute atomic E-state index is 0. The first kappa shape index (κ1) is 22.2. The first-order valence-electron chi connectivity index (χ1n) is 8.37. The van der Waals surface area contributed by atoms with Gasteiger partial charge in [0.05, 0.1) is 0 Å². The summed E-state index contributed by atoms with van der Waals surface area (Å²) in [6, 6.07) is 9.14. The maximum Gasteiger partial charge on any atom is 0.191 e. The molecule has 23 heavy (non-hydrogen) atoms. The van der Waals surface area contributed by atoms with Crippen LogP contribution in [0.3, 0.4) is 0 Å². The van der Waals surface area contributed by atoms with Crippen LogP contribution in [0.5, 0.6) is 0 Å². The fourth-order valence-electron chi connectivity index (χ4n) is 2.57. The van der Waals surface area contributed by atoms with Crippen molar-refractivity contribution < 1.29 is 0 Å². The summed E-state index contributed by atoms with van der Waals surface area (Å²) in [5.41, 5.74) is 2.73. The van der Waals surface area contributed by atoms with Gasteiger partial charge in [0.1, 0.15) is 0 Å². The van der Waals surface area contributed by atoms with Crippen LogP contribution in [0.1, 0.15) is 38.8 Å². The molecular formula is C18H33IN4. The number of guanidine groups is 1. The van der Waals surface area contributed by atoms with Gasteiger partial charge in [-0.25, -0.2) is 0 Å². The van der Waals surface area contributed by atoms with Crippen molar-refractivity contribution in [1.29, 1.82) is 0 Å². The summed E-state index contributed by atoms with van der Waals surface area (Å²) in [4.78, 5) is 6.74. The lowest BCUT2D eigenvalue weighted by molar-refractivity contribution is 0.237. The zero-order chi connectivity index (χ0) is 16.4. The van der Waals surface area contributed by atoms with Crippen molar-refractivity contribution in [3.8, 4) is 0 Å². The second kappa shape index (κ2) is 12.6. The Balaban J connectivity index is 0.00000484. The number of hydrogen-bond acceptors (Lipinski definition) is 2. The Morgan fingerprint density at radius 2 is 1.78 bits per heavy atom. The Morgan fingerprint density at radius 1 is 1.13 bits per heavy atom. The number of rotatable bonds is 8. The number of aliphatic imine (C=N–C) groups is 1. The predicted octanol–water partition coefficient (Wildman–Crippen LogP) is 3.26. The average Bonchev–Trinajstić information content (AvgIpc) is 2.54. The van der Waals surface area contributed by atoms with Gasteiger partial charge in [0.2, 0.25) is 0 Å². The zero-order valence-electron chi connectivity index (χ0n) is 15.2. The molecule has 0 aliphatic carbocycles. The summed E-state index contributed by atoms with van der Waals surface area (Å²) in [5.74, 6) is 0.866. The van der Waals surface area contributed by atoms with Crippen LogP contribution in [0.4, 0.5) is 0 Å². The number of nitrogens with zero attached hydrogens (tertiary/aromatic N) is 2. The van der Waals surface area contributed by atoms with E-state index in [4.69, 9.17) is 0 Å². The smallest absolute Gasteiger partial charge is 0.191 e. The summed E-state index contributed by atoms with van der Waals surface area (Å²) in [5, 5.41) is 6.80. The second-order valence-electron chi connectivity index (χ2n) is 5.70. The molecule has 0 saturated heterocycles. The van der Waals surface area contributed by atoms with Crippen molar-refractivity contribution in [2.24, 2.45) is 4.99 Å². The summed E-state index contributed by atoms with van der Waals surface area (Å²) < 4.78 is 0. The molecular weight excluding hydrogens is 399 g/mol. The molecule has 0 saturated carbocycles. The van der Waals surface area contributed by atoms with E-state index in [1.807, 2.05) is 7.05 Å². The van der Waals surface area contributed by atoms with E-state index in [0.29, 0.717) is 6.04 Å². The molecule has 0 amide bonds. The van der Waals surface area contributed by atoms with Crippen molar-refractivity contribution in [2.45, 2.75) is 46.7 Å². The van der Waals surface area contributed by atoms with Crippen LogP contribution in [-0.4, -0.2) is 43.6 Å². The van der Waals surface area contributed by atoms with Crippen LogP contribution in [0.25, 0.3) is 0 Å². The number of likely N-dealkylation sites (N-methyl/N-ethyl adjacent to an activating group) is 1. The topological polar surface area (TPSA) is 39.7 Å². The Morgan fingerprint density at radius 3 is 2.30 bits per heavy atom. The van der Waals surface area contributed by atoms with E-state index in [2.05, 4.69) is 72.5 Å². The lowest BCUT2D eigenvalue weighted by Crippen LogP contribution is -2.42. The first-order chi connectivity index (χ1) is 10.6. The van der Waals surface area contributed by atoms with Gasteiger partial charge in [0.15, 0.2) is 5.96 Å². The van der Waals surface area contributed by atoms with Gasteiger partial charge in [-0.2, -0.15) is 0 Å². The van der Waals surface area contributed by atoms with Gasteiger partial charge < -0.3 is 10.6 Å². The monoisotopic (exact) mass is 432 g/mol. The highest BCUT2D eigenvalue weighted by atomic mass is 127. The predicted molar refractivity (Wildman–Crippen MR) is 112 cm³/mol. The van der Waals surface area contributed by atoms with Crippen molar-refractivity contribution in [1.82, 2.24) is 15.5 Å². The van der Waals surface area contributed by atoms with Gasteiger partial charge in [0.25, 0.3) is 0 Å². The van der Waals surface area contributed by atoms with Gasteiger partial charge in [-0.1, -0.05) is 38.1 Å². The highest BCUT2D eigenvalue weighted by molar-refractivity contribution is 14.0. The Bertz CT molecular complexity index is 460. The van der Waals surface area contributed by atoms with E-state index in [1.54, 1.807) is 0 Å². The summed E-state index contributed by atoms with van der Waals surface area (Å²) in [7, 11) is 1.82. The molecule has 0 heterocycles. The van der Waals surface area contributed by atoms with E-state index in [9.17, 15) is 0 Å². The molecule has 0 bridgehead atoms. The molecule has 1 rings (SSSR count). The molecule has 1 aromatic rings. The van der Waals surface area contributed by atoms with Crippen LogP contribution in [-0.2, 0) is 13.0 Å². The third-order valence-corrected chi connectivity index (χ3v) is 4.00. The number of nitrogens with one attached hydrogen (secondary N) is 2. The highest BCUT2D eigenvalue weighted by Crippen LogP contribution is 2.08. The number of benzene rings is 1. The van der Waals surface area contributed by atoms with Crippen LogP contribution >= 0.6 is 24.0 Å². The third kappa shape index (κ3) is 8.01. The van der Waals surface area contributed by atoms with Gasteiger partial charge >= 0.3 is 0 Å². The Kier molecular flexibility index (Phi) is 12.1. The molecule has 132 valence electrons. The van der Waals surface area contributed by atoms with Gasteiger partial charge in [-0.3, -0.25) is 9.89 Å². The number of aryl methyl sites for hydroxylation is 1. The molecule has 4 nitrogen and oxygen atoms in total. The van der Waals surface area contributed by atoms with E-state index < -0.39 is 0 Å². The summed E-state index contributed by atoms with van der Waals surface area (Å²) in [6.07, 6.45) is 1.06. The molecule has 0 unspecified atom stereocenters. The fraction of sp³-hybridized carbons (Fsp3) is 0.611. The molecule has 0 radical (unpaired) electrons. The van der Waals surface area contributed by atoms with Crippen molar-refractivity contribution >= 4 is 29.9 Å². The second-order valence-corrected chi connectivity index (χ2v) is 5.70. The lowest BCUT2D eigenvalue weighted by atomic mass is 10.1. The number of halogens is 1. The van der Waals surface area contributed by atoms with E-state index >= 15 is 0 Å². The fourth-order valence-corrected chi connectivity index (χ4v) is 2.57. The molecule has 0 spiro atoms. The summed E-state index contributed by atoms with van der Waals surface area (Å²) >= 11 is 0. The molecule has 0 atom stereocenters. The van der Waals surface area contributed by atoms with Gasteiger partial charge in [0, 0.05) is 32.7 Å². The van der Waals surface area contributed by atoms with Gasteiger partial charge in [-0.05, 0) is 37.9 Å². The molecule has 0 aliphatic heterocycles. The minimum atomic E-state index is 0. The van der Waals surface area contributed by atoms with Crippen LogP contribution in [0, 0.1) is 0 Å². The van der Waals surface area contributed by atoms with Crippen molar-refractivity contribution in [3.05, 3.63) is 35.4 Å². The SMILES string of the molecule is CCc1ccccc1CNC(=NC)NCCN(CC)C(C)C.I. The van der Waals surface area contributed by atoms with Gasteiger partial charge in [-0.15, -0.1) is 24.0 Å². The molecule has 0 fully saturated rings. The van der Waals surface area contributed by atoms with Crippen LogP contribution < -0.4 is 10.6 Å². The Hall–Kier alpha value is -0.820. The standard InChI is InChI=1S/C18H32N4.HI/c1-6-16-10-8-9-11-17(16)14-21-18(19-5)20-12-13-22(7-2)15(3)4;/h8-11,15H,6-7,12-14H2,1-5H3,(H2,19,20,21);1H. The molecule has 0 aliphatic rings. The van der Waals surface area contributed by atoms with E-state index in [0.717, 1.165) is 38.6 Å². The van der Waals surface area contributed by atoms with E-state index in [1.165, 1.54) is 11.1 Å². The zero-order valence-corrected chi connectivity index (χ0v) is 17.6. The van der Waals surface area contributed by atoms with Crippen LogP contribution in [0.15, 0.2) is 29.3 Å². The maximum atomic E-state index is 4.30. The highest BCUT2D eigenvalue weighted by Gasteiger charge is 2.07. The van der Waals surface area contributed by atoms with E-state index in [-0.39, 0.29) is 24.0 Å². The lowest BCUT2D eigenvalue weighted by Gasteiger charge is -2.25. The van der Waals surface area contributed by atoms with Crippen molar-refractivity contribution in [2.75, 3.05) is 26.7 Å². The molecule has 2 N–H and O–H groups in total. The molecule has 0 aromatic heterocycles. The normalized spacial score (nSPS) is 11.5.